The fraction of sp³-hybridized carbons (Fsp3) is 0.278. The lowest BCUT2D eigenvalue weighted by Gasteiger charge is -2.09. The number of amides is 1. The van der Waals surface area contributed by atoms with E-state index in [1.165, 1.54) is 41.3 Å². The van der Waals surface area contributed by atoms with Crippen LogP contribution in [0.5, 0.6) is 5.75 Å². The van der Waals surface area contributed by atoms with Crippen LogP contribution < -0.4 is 10.1 Å². The van der Waals surface area contributed by atoms with Crippen LogP contribution >= 0.6 is 34.7 Å². The molecule has 0 aliphatic carbocycles. The molecule has 3 rings (SSSR count). The molecule has 1 N–H and O–H groups in total. The fourth-order valence-electron chi connectivity index (χ4n) is 2.29. The van der Waals surface area contributed by atoms with Gasteiger partial charge < -0.3 is 4.74 Å². The normalized spacial score (nSPS) is 10.8. The quantitative estimate of drug-likeness (QED) is 0.355. The van der Waals surface area contributed by atoms with Gasteiger partial charge in [0.15, 0.2) is 11.0 Å². The second-order valence-corrected chi connectivity index (χ2v) is 8.27. The third kappa shape index (κ3) is 5.77. The predicted molar refractivity (Wildman–Crippen MR) is 115 cm³/mol. The number of nitrogens with one attached hydrogen (secondary N) is 1. The van der Waals surface area contributed by atoms with Crippen LogP contribution in [-0.4, -0.2) is 36.6 Å². The van der Waals surface area contributed by atoms with Gasteiger partial charge in [0.2, 0.25) is 11.0 Å². The van der Waals surface area contributed by atoms with Crippen molar-refractivity contribution in [2.45, 2.75) is 31.7 Å². The molecule has 2 aromatic heterocycles. The average molecular weight is 469 g/mol. The number of carbonyl (C=O) groups excluding carboxylic acids is 1. The summed E-state index contributed by atoms with van der Waals surface area (Å²) in [7, 11) is 0. The van der Waals surface area contributed by atoms with Crippen LogP contribution in [0.2, 0.25) is 5.02 Å². The number of aryl methyl sites for hydroxylation is 1. The van der Waals surface area contributed by atoms with Gasteiger partial charge in [-0.2, -0.15) is 0 Å². The van der Waals surface area contributed by atoms with Crippen molar-refractivity contribution in [3.05, 3.63) is 52.5 Å². The Morgan fingerprint density at radius 2 is 2.23 bits per heavy atom. The Hall–Kier alpha value is -2.50. The van der Waals surface area contributed by atoms with Crippen LogP contribution in [0.1, 0.15) is 17.8 Å². The minimum Gasteiger partial charge on any atom is -0.486 e. The number of rotatable bonds is 10. The number of carbonyl (C=O) groups is 1. The Labute approximate surface area is 185 Å². The second-order valence-electron chi connectivity index (χ2n) is 5.85. The van der Waals surface area contributed by atoms with Gasteiger partial charge in [-0.1, -0.05) is 47.7 Å². The van der Waals surface area contributed by atoms with Crippen molar-refractivity contribution in [3.63, 3.8) is 0 Å². The summed E-state index contributed by atoms with van der Waals surface area (Å²) in [4.78, 5) is 12.2. The maximum absolute atomic E-state index is 13.3. The van der Waals surface area contributed by atoms with Gasteiger partial charge in [0.1, 0.15) is 23.2 Å². The van der Waals surface area contributed by atoms with Crippen molar-refractivity contribution in [2.75, 3.05) is 11.1 Å². The van der Waals surface area contributed by atoms with Crippen molar-refractivity contribution < 1.29 is 13.9 Å². The molecule has 30 heavy (non-hydrogen) atoms. The largest absolute Gasteiger partial charge is 0.486 e. The first-order chi connectivity index (χ1) is 14.5. The highest BCUT2D eigenvalue weighted by molar-refractivity contribution is 7.99. The van der Waals surface area contributed by atoms with Crippen molar-refractivity contribution >= 4 is 45.7 Å². The zero-order chi connectivity index (χ0) is 21.5. The topological polar surface area (TPSA) is 94.8 Å². The Balaban J connectivity index is 1.60. The van der Waals surface area contributed by atoms with Crippen molar-refractivity contribution in [1.29, 1.82) is 0 Å². The number of benzene rings is 1. The highest BCUT2D eigenvalue weighted by Crippen LogP contribution is 2.23. The van der Waals surface area contributed by atoms with Crippen LogP contribution in [0.3, 0.4) is 0 Å². The van der Waals surface area contributed by atoms with Gasteiger partial charge in [0.25, 0.3) is 0 Å². The minimum atomic E-state index is -0.518. The number of hydrogen-bond acceptors (Lipinski definition) is 8. The molecule has 8 nitrogen and oxygen atoms in total. The highest BCUT2D eigenvalue weighted by atomic mass is 35.5. The number of aromatic nitrogens is 5. The van der Waals surface area contributed by atoms with Crippen LogP contribution in [0, 0.1) is 5.82 Å². The molecule has 158 valence electrons. The van der Waals surface area contributed by atoms with E-state index in [2.05, 4.69) is 32.3 Å². The molecule has 0 unspecified atom stereocenters. The summed E-state index contributed by atoms with van der Waals surface area (Å²) in [5.41, 5.74) is 0. The highest BCUT2D eigenvalue weighted by Gasteiger charge is 2.15. The van der Waals surface area contributed by atoms with Crippen LogP contribution in [0.4, 0.5) is 9.52 Å². The first-order valence-corrected chi connectivity index (χ1v) is 11.0. The molecular weight excluding hydrogens is 451 g/mol. The van der Waals surface area contributed by atoms with E-state index in [1.807, 2.05) is 6.92 Å². The van der Waals surface area contributed by atoms with E-state index in [-0.39, 0.29) is 23.3 Å². The third-order valence-corrected chi connectivity index (χ3v) is 5.95. The fourth-order valence-corrected chi connectivity index (χ4v) is 3.92. The molecule has 0 aliphatic heterocycles. The van der Waals surface area contributed by atoms with E-state index in [0.717, 1.165) is 11.4 Å². The Morgan fingerprint density at radius 3 is 2.93 bits per heavy atom. The molecule has 0 atom stereocenters. The van der Waals surface area contributed by atoms with E-state index < -0.39 is 5.82 Å². The van der Waals surface area contributed by atoms with Gasteiger partial charge in [-0.05, 0) is 18.6 Å². The molecule has 1 amide bonds. The van der Waals surface area contributed by atoms with Gasteiger partial charge in [-0.25, -0.2) is 4.39 Å². The molecule has 0 aliphatic rings. The van der Waals surface area contributed by atoms with Gasteiger partial charge in [-0.3, -0.25) is 14.7 Å². The summed E-state index contributed by atoms with van der Waals surface area (Å²) in [6.07, 6.45) is 2.46. The summed E-state index contributed by atoms with van der Waals surface area (Å²) >= 11 is 8.35. The van der Waals surface area contributed by atoms with Crippen molar-refractivity contribution in [3.8, 4) is 5.75 Å². The average Bonchev–Trinajstić information content (AvgIpc) is 3.34. The molecule has 0 fully saturated rings. The maximum atomic E-state index is 13.3. The van der Waals surface area contributed by atoms with E-state index in [0.29, 0.717) is 28.4 Å². The predicted octanol–water partition coefficient (Wildman–Crippen LogP) is 3.98. The molecule has 3 aromatic rings. The standard InChI is InChI=1S/C18H18ClFN6O2S2/c1-3-7-26-14(9-28-11-5-6-13(20)12(19)8-11)22-25-18(26)29-10-15(27)21-17-24-23-16(4-2)30-17/h3,5-6,8H,1,4,7,9-10H2,2H3,(H,21,24,27). The van der Waals surface area contributed by atoms with Gasteiger partial charge >= 0.3 is 0 Å². The lowest BCUT2D eigenvalue weighted by Crippen LogP contribution is -2.15. The number of halogens is 2. The number of thioether (sulfide) groups is 1. The molecule has 0 spiro atoms. The first-order valence-electron chi connectivity index (χ1n) is 8.86. The van der Waals surface area contributed by atoms with E-state index in [1.54, 1.807) is 10.6 Å². The summed E-state index contributed by atoms with van der Waals surface area (Å²) in [5, 5.41) is 20.7. The number of allylic oxidation sites excluding steroid dienone is 1. The minimum absolute atomic E-state index is 0.0243. The summed E-state index contributed by atoms with van der Waals surface area (Å²) < 4.78 is 20.7. The number of hydrogen-bond donors (Lipinski definition) is 1. The van der Waals surface area contributed by atoms with E-state index in [4.69, 9.17) is 16.3 Å². The SMILES string of the molecule is C=CCn1c(COc2ccc(F)c(Cl)c2)nnc1SCC(=O)Nc1nnc(CC)s1. The smallest absolute Gasteiger partial charge is 0.236 e. The summed E-state index contributed by atoms with van der Waals surface area (Å²) in [5.74, 6) is 0.340. The van der Waals surface area contributed by atoms with Gasteiger partial charge in [0.05, 0.1) is 10.8 Å². The monoisotopic (exact) mass is 468 g/mol. The lowest BCUT2D eigenvalue weighted by atomic mass is 10.3. The molecule has 0 saturated carbocycles. The van der Waals surface area contributed by atoms with Crippen molar-refractivity contribution in [1.82, 2.24) is 25.0 Å². The Morgan fingerprint density at radius 1 is 1.40 bits per heavy atom. The zero-order valence-corrected chi connectivity index (χ0v) is 18.4. The number of anilines is 1. The van der Waals surface area contributed by atoms with Crippen LogP contribution in [0.25, 0.3) is 0 Å². The molecule has 2 heterocycles. The summed E-state index contributed by atoms with van der Waals surface area (Å²) in [6, 6.07) is 4.10. The van der Waals surface area contributed by atoms with Crippen LogP contribution in [0.15, 0.2) is 36.0 Å². The molecule has 0 saturated heterocycles. The second kappa shape index (κ2) is 10.5. The summed E-state index contributed by atoms with van der Waals surface area (Å²) in [6.45, 7) is 6.25. The van der Waals surface area contributed by atoms with Crippen LogP contribution in [-0.2, 0) is 24.4 Å². The van der Waals surface area contributed by atoms with Gasteiger partial charge in [0, 0.05) is 12.6 Å². The maximum Gasteiger partial charge on any atom is 0.236 e. The first kappa shape index (κ1) is 22.2. The van der Waals surface area contributed by atoms with Crippen molar-refractivity contribution in [2.24, 2.45) is 0 Å². The zero-order valence-electron chi connectivity index (χ0n) is 16.0. The molecule has 12 heteroatoms. The molecular formula is C18H18ClFN6O2S2. The molecule has 0 bridgehead atoms. The van der Waals surface area contributed by atoms with E-state index in [9.17, 15) is 9.18 Å². The Kier molecular flexibility index (Phi) is 7.77. The molecule has 1 aromatic carbocycles. The van der Waals surface area contributed by atoms with Gasteiger partial charge in [-0.15, -0.1) is 27.0 Å². The van der Waals surface area contributed by atoms with E-state index >= 15 is 0 Å². The third-order valence-electron chi connectivity index (χ3n) is 3.71. The Bertz CT molecular complexity index is 1040. The molecule has 0 radical (unpaired) electrons. The number of ether oxygens (including phenoxy) is 1. The lowest BCUT2D eigenvalue weighted by molar-refractivity contribution is -0.113. The number of nitrogens with zero attached hydrogens (tertiary/aromatic N) is 5.